The third-order valence-corrected chi connectivity index (χ3v) is 2.33. The Balaban J connectivity index is 0. The molecule has 0 fully saturated rings. The fourth-order valence-corrected chi connectivity index (χ4v) is 1.56. The Morgan fingerprint density at radius 3 is 2.10 bits per heavy atom. The Kier molecular flexibility index (Phi) is 12.2. The summed E-state index contributed by atoms with van der Waals surface area (Å²) in [6.45, 7) is 11.8. The number of hydrogen-bond donors (Lipinski definition) is 1. The van der Waals surface area contributed by atoms with Gasteiger partial charge >= 0.3 is 12.1 Å². The Hall–Kier alpha value is -1.26. The highest BCUT2D eigenvalue weighted by Crippen LogP contribution is 2.12. The van der Waals surface area contributed by atoms with E-state index in [1.165, 1.54) is 7.11 Å². The maximum Gasteiger partial charge on any atom is 0.407 e. The molecule has 1 N–H and O–H groups in total. The standard InChI is InChI=1S/C13H25NO4.C2H6/c1-6-7-10(11(15)17-5)8-9-14-12(16)18-13(2,3)4;1-2/h10H,6-9H2,1-5H3,(H,14,16);1-2H3. The summed E-state index contributed by atoms with van der Waals surface area (Å²) in [4.78, 5) is 22.8. The molecule has 5 nitrogen and oxygen atoms in total. The van der Waals surface area contributed by atoms with E-state index >= 15 is 0 Å². The van der Waals surface area contributed by atoms with Crippen LogP contribution in [0.25, 0.3) is 0 Å². The fraction of sp³-hybridized carbons (Fsp3) is 0.867. The Labute approximate surface area is 123 Å². The molecule has 0 saturated heterocycles. The van der Waals surface area contributed by atoms with Gasteiger partial charge in [0.15, 0.2) is 0 Å². The molecule has 0 heterocycles. The number of rotatable bonds is 6. The van der Waals surface area contributed by atoms with Gasteiger partial charge in [0.05, 0.1) is 13.0 Å². The lowest BCUT2D eigenvalue weighted by Gasteiger charge is -2.20. The lowest BCUT2D eigenvalue weighted by atomic mass is 10.0. The number of esters is 1. The van der Waals surface area contributed by atoms with Crippen LogP contribution in [0.15, 0.2) is 0 Å². The molecule has 120 valence electrons. The molecule has 5 heteroatoms. The third kappa shape index (κ3) is 11.8. The van der Waals surface area contributed by atoms with Gasteiger partial charge in [0, 0.05) is 6.54 Å². The molecule has 0 radical (unpaired) electrons. The zero-order valence-electron chi connectivity index (χ0n) is 14.0. The zero-order chi connectivity index (χ0) is 16.2. The van der Waals surface area contributed by atoms with Crippen LogP contribution in [0, 0.1) is 5.92 Å². The topological polar surface area (TPSA) is 64.6 Å². The molecular formula is C15H31NO4. The molecule has 0 aromatic carbocycles. The van der Waals surface area contributed by atoms with Gasteiger partial charge in [0.1, 0.15) is 5.60 Å². The van der Waals surface area contributed by atoms with Crippen molar-refractivity contribution in [3.63, 3.8) is 0 Å². The van der Waals surface area contributed by atoms with E-state index in [0.29, 0.717) is 13.0 Å². The van der Waals surface area contributed by atoms with Crippen LogP contribution in [0.4, 0.5) is 4.79 Å². The maximum absolute atomic E-state index is 11.4. The van der Waals surface area contributed by atoms with Crippen LogP contribution in [0.1, 0.15) is 60.8 Å². The van der Waals surface area contributed by atoms with E-state index in [1.807, 2.05) is 20.8 Å². The predicted octanol–water partition coefficient (Wildman–Crippen LogP) is 3.52. The van der Waals surface area contributed by atoms with Crippen molar-refractivity contribution < 1.29 is 19.1 Å². The summed E-state index contributed by atoms with van der Waals surface area (Å²) in [6, 6.07) is 0. The lowest BCUT2D eigenvalue weighted by molar-refractivity contribution is -0.145. The van der Waals surface area contributed by atoms with Crippen LogP contribution in [-0.4, -0.2) is 31.3 Å². The Morgan fingerprint density at radius 1 is 1.15 bits per heavy atom. The van der Waals surface area contributed by atoms with Crippen LogP contribution >= 0.6 is 0 Å². The summed E-state index contributed by atoms with van der Waals surface area (Å²) < 4.78 is 9.82. The highest BCUT2D eigenvalue weighted by Gasteiger charge is 2.19. The van der Waals surface area contributed by atoms with Gasteiger partial charge in [-0.05, 0) is 33.6 Å². The van der Waals surface area contributed by atoms with E-state index in [0.717, 1.165) is 12.8 Å². The molecule has 0 aliphatic rings. The number of amides is 1. The summed E-state index contributed by atoms with van der Waals surface area (Å²) in [6.07, 6.45) is 1.79. The van der Waals surface area contributed by atoms with Crippen molar-refractivity contribution >= 4 is 12.1 Å². The number of carbonyl (C=O) groups is 2. The molecule has 0 saturated carbocycles. The van der Waals surface area contributed by atoms with Crippen molar-refractivity contribution in [2.24, 2.45) is 5.92 Å². The fourth-order valence-electron chi connectivity index (χ4n) is 1.56. The second kappa shape index (κ2) is 11.6. The smallest absolute Gasteiger partial charge is 0.407 e. The molecule has 0 aliphatic carbocycles. The molecular weight excluding hydrogens is 258 g/mol. The summed E-state index contributed by atoms with van der Waals surface area (Å²) in [5.41, 5.74) is -0.505. The summed E-state index contributed by atoms with van der Waals surface area (Å²) in [7, 11) is 1.38. The highest BCUT2D eigenvalue weighted by molar-refractivity contribution is 5.72. The van der Waals surface area contributed by atoms with Gasteiger partial charge in [-0.2, -0.15) is 0 Å². The number of carbonyl (C=O) groups excluding carboxylic acids is 2. The van der Waals surface area contributed by atoms with E-state index in [9.17, 15) is 9.59 Å². The average Bonchev–Trinajstić information content (AvgIpc) is 2.37. The van der Waals surface area contributed by atoms with Gasteiger partial charge in [-0.1, -0.05) is 27.2 Å². The molecule has 1 unspecified atom stereocenters. The third-order valence-electron chi connectivity index (χ3n) is 2.33. The molecule has 0 aromatic rings. The minimum atomic E-state index is -0.505. The van der Waals surface area contributed by atoms with Gasteiger partial charge in [-0.15, -0.1) is 0 Å². The van der Waals surface area contributed by atoms with Crippen molar-refractivity contribution in [1.29, 1.82) is 0 Å². The maximum atomic E-state index is 11.4. The largest absolute Gasteiger partial charge is 0.469 e. The number of ether oxygens (including phenoxy) is 2. The highest BCUT2D eigenvalue weighted by atomic mass is 16.6. The van der Waals surface area contributed by atoms with Crippen molar-refractivity contribution in [2.75, 3.05) is 13.7 Å². The lowest BCUT2D eigenvalue weighted by Crippen LogP contribution is -2.34. The van der Waals surface area contributed by atoms with E-state index in [2.05, 4.69) is 5.32 Å². The summed E-state index contributed by atoms with van der Waals surface area (Å²) in [5, 5.41) is 2.64. The number of alkyl carbamates (subject to hydrolysis) is 1. The normalized spacial score (nSPS) is 11.8. The van der Waals surface area contributed by atoms with Crippen molar-refractivity contribution in [3.8, 4) is 0 Å². The van der Waals surface area contributed by atoms with Gasteiger partial charge in [-0.3, -0.25) is 4.79 Å². The second-order valence-electron chi connectivity index (χ2n) is 5.23. The van der Waals surface area contributed by atoms with Crippen LogP contribution in [0.2, 0.25) is 0 Å². The summed E-state index contributed by atoms with van der Waals surface area (Å²) in [5.74, 6) is -0.377. The predicted molar refractivity (Wildman–Crippen MR) is 80.6 cm³/mol. The van der Waals surface area contributed by atoms with E-state index in [1.54, 1.807) is 20.8 Å². The molecule has 0 bridgehead atoms. The molecule has 0 aliphatic heterocycles. The number of methoxy groups -OCH3 is 1. The van der Waals surface area contributed by atoms with Gasteiger partial charge in [-0.25, -0.2) is 4.79 Å². The van der Waals surface area contributed by atoms with Crippen molar-refractivity contribution in [1.82, 2.24) is 5.32 Å². The Bertz CT molecular complexity index is 272. The van der Waals surface area contributed by atoms with Crippen LogP contribution < -0.4 is 5.32 Å². The van der Waals surface area contributed by atoms with Crippen molar-refractivity contribution in [2.45, 2.75) is 66.4 Å². The Morgan fingerprint density at radius 2 is 1.70 bits per heavy atom. The van der Waals surface area contributed by atoms with Gasteiger partial charge in [0.2, 0.25) is 0 Å². The van der Waals surface area contributed by atoms with E-state index < -0.39 is 11.7 Å². The van der Waals surface area contributed by atoms with Crippen LogP contribution in [-0.2, 0) is 14.3 Å². The zero-order valence-corrected chi connectivity index (χ0v) is 14.0. The molecule has 0 rings (SSSR count). The average molecular weight is 289 g/mol. The molecule has 0 spiro atoms. The SMILES string of the molecule is CC.CCCC(CCNC(=O)OC(C)(C)C)C(=O)OC. The van der Waals surface area contributed by atoms with Crippen LogP contribution in [0.5, 0.6) is 0 Å². The summed E-state index contributed by atoms with van der Waals surface area (Å²) >= 11 is 0. The number of nitrogens with one attached hydrogen (secondary N) is 1. The molecule has 1 atom stereocenters. The second-order valence-corrected chi connectivity index (χ2v) is 5.23. The molecule has 20 heavy (non-hydrogen) atoms. The quantitative estimate of drug-likeness (QED) is 0.760. The van der Waals surface area contributed by atoms with Crippen LogP contribution in [0.3, 0.4) is 0 Å². The van der Waals surface area contributed by atoms with E-state index in [-0.39, 0.29) is 11.9 Å². The van der Waals surface area contributed by atoms with Gasteiger partial charge in [0.25, 0.3) is 0 Å². The van der Waals surface area contributed by atoms with E-state index in [4.69, 9.17) is 9.47 Å². The first-order chi connectivity index (χ1) is 9.30. The first-order valence-electron chi connectivity index (χ1n) is 7.34. The molecule has 0 aromatic heterocycles. The number of hydrogen-bond acceptors (Lipinski definition) is 4. The minimum Gasteiger partial charge on any atom is -0.469 e. The van der Waals surface area contributed by atoms with Crippen molar-refractivity contribution in [3.05, 3.63) is 0 Å². The first kappa shape index (κ1) is 21.0. The van der Waals surface area contributed by atoms with Gasteiger partial charge < -0.3 is 14.8 Å². The minimum absolute atomic E-state index is 0.157. The molecule has 1 amide bonds. The monoisotopic (exact) mass is 289 g/mol. The first-order valence-corrected chi connectivity index (χ1v) is 7.34.